The van der Waals surface area contributed by atoms with Gasteiger partial charge in [0.1, 0.15) is 5.03 Å². The van der Waals surface area contributed by atoms with Crippen LogP contribution in [0.15, 0.2) is 40.9 Å². The van der Waals surface area contributed by atoms with Crippen LogP contribution in [0.1, 0.15) is 52.4 Å². The molecular weight excluding hydrogens is 380 g/mol. The van der Waals surface area contributed by atoms with Crippen molar-refractivity contribution in [3.05, 3.63) is 35.9 Å². The van der Waals surface area contributed by atoms with Gasteiger partial charge in [0.15, 0.2) is 5.12 Å². The highest BCUT2D eigenvalue weighted by Crippen LogP contribution is 2.65. The van der Waals surface area contributed by atoms with E-state index in [2.05, 4.69) is 43.5 Å². The van der Waals surface area contributed by atoms with Crippen molar-refractivity contribution in [1.29, 1.82) is 0 Å². The molecule has 0 aromatic heterocycles. The summed E-state index contributed by atoms with van der Waals surface area (Å²) in [5.74, 6) is 1.94. The fourth-order valence-electron chi connectivity index (χ4n) is 7.11. The maximum Gasteiger partial charge on any atom is 0.243 e. The lowest BCUT2D eigenvalue weighted by Crippen LogP contribution is -2.59. The van der Waals surface area contributed by atoms with Crippen molar-refractivity contribution in [3.8, 4) is 0 Å². The first-order valence-electron chi connectivity index (χ1n) is 10.8. The maximum atomic E-state index is 13.2. The molecule has 1 N–H and O–H groups in total. The number of carbonyl (C=O) groups is 2. The van der Waals surface area contributed by atoms with Crippen LogP contribution in [0.25, 0.3) is 0 Å². The van der Waals surface area contributed by atoms with E-state index in [1.807, 2.05) is 0 Å². The molecular formula is C24H32N2O2S. The van der Waals surface area contributed by atoms with E-state index in [4.69, 9.17) is 0 Å². The first-order chi connectivity index (χ1) is 13.8. The molecule has 4 rings (SSSR count). The van der Waals surface area contributed by atoms with E-state index in [1.165, 1.54) is 11.8 Å². The van der Waals surface area contributed by atoms with Gasteiger partial charge in [0, 0.05) is 17.4 Å². The molecule has 1 heterocycles. The average Bonchev–Trinajstić information content (AvgIpc) is 3.05. The summed E-state index contributed by atoms with van der Waals surface area (Å²) in [6.07, 6.45) is 13.9. The predicted octanol–water partition coefficient (Wildman–Crippen LogP) is 4.89. The minimum atomic E-state index is 0.0433. The number of thioether (sulfide) groups is 1. The average molecular weight is 413 g/mol. The molecule has 0 aromatic carbocycles. The zero-order chi connectivity index (χ0) is 20.8. The van der Waals surface area contributed by atoms with Crippen molar-refractivity contribution in [3.63, 3.8) is 0 Å². The molecule has 0 radical (unpaired) electrons. The fourth-order valence-corrected chi connectivity index (χ4v) is 8.08. The van der Waals surface area contributed by atoms with Crippen LogP contribution in [-0.4, -0.2) is 23.8 Å². The van der Waals surface area contributed by atoms with Crippen molar-refractivity contribution >= 4 is 29.5 Å². The lowest BCUT2D eigenvalue weighted by atomic mass is 9.48. The largest absolute Gasteiger partial charge is 0.349 e. The van der Waals surface area contributed by atoms with Gasteiger partial charge in [-0.05, 0) is 92.3 Å². The van der Waals surface area contributed by atoms with Crippen LogP contribution in [0, 0.1) is 34.5 Å². The monoisotopic (exact) mass is 412 g/mol. The van der Waals surface area contributed by atoms with Gasteiger partial charge in [-0.15, -0.1) is 0 Å². The number of nitrogens with one attached hydrogen (secondary N) is 1. The quantitative estimate of drug-likeness (QED) is 0.528. The van der Waals surface area contributed by atoms with Gasteiger partial charge in [0.05, 0.1) is 0 Å². The molecule has 5 heteroatoms. The van der Waals surface area contributed by atoms with Crippen LogP contribution in [0.5, 0.6) is 0 Å². The summed E-state index contributed by atoms with van der Waals surface area (Å²) >= 11 is 1.23. The van der Waals surface area contributed by atoms with Crippen LogP contribution in [-0.2, 0) is 9.59 Å². The molecule has 3 saturated carbocycles. The van der Waals surface area contributed by atoms with Crippen molar-refractivity contribution < 1.29 is 9.59 Å². The van der Waals surface area contributed by atoms with Crippen molar-refractivity contribution in [2.75, 3.05) is 0 Å². The molecule has 4 aliphatic rings. The Bertz CT molecular complexity index is 803. The summed E-state index contributed by atoms with van der Waals surface area (Å²) in [5.41, 5.74) is 0.109. The zero-order valence-electron chi connectivity index (χ0n) is 17.5. The summed E-state index contributed by atoms with van der Waals surface area (Å²) in [4.78, 5) is 29.0. The number of nitrogens with zero attached hydrogens (tertiary/aromatic N) is 1. The molecule has 0 spiro atoms. The second-order valence-corrected chi connectivity index (χ2v) is 10.7. The Kier molecular flexibility index (Phi) is 5.39. The number of carbonyl (C=O) groups excluding carboxylic acids is 2. The van der Waals surface area contributed by atoms with Gasteiger partial charge in [0.2, 0.25) is 5.91 Å². The minimum Gasteiger partial charge on any atom is -0.349 e. The summed E-state index contributed by atoms with van der Waals surface area (Å²) in [6.45, 7) is 12.0. The molecule has 0 saturated heterocycles. The van der Waals surface area contributed by atoms with E-state index in [1.54, 1.807) is 18.2 Å². The molecule has 3 aliphatic carbocycles. The molecule has 4 nitrogen and oxygen atoms in total. The van der Waals surface area contributed by atoms with Crippen LogP contribution >= 0.6 is 11.8 Å². The Balaban J connectivity index is 1.56. The number of allylic oxidation sites excluding steroid dienone is 2. The number of amides is 1. The van der Waals surface area contributed by atoms with E-state index < -0.39 is 0 Å². The number of hydrogen-bond donors (Lipinski definition) is 1. The summed E-state index contributed by atoms with van der Waals surface area (Å²) in [6, 6.07) is 0.255. The van der Waals surface area contributed by atoms with Gasteiger partial charge < -0.3 is 5.32 Å². The molecule has 1 amide bonds. The lowest BCUT2D eigenvalue weighted by Gasteiger charge is -2.58. The number of rotatable bonds is 4. The van der Waals surface area contributed by atoms with Gasteiger partial charge in [-0.2, -0.15) is 0 Å². The smallest absolute Gasteiger partial charge is 0.243 e. The summed E-state index contributed by atoms with van der Waals surface area (Å²) < 4.78 is 0. The first kappa shape index (κ1) is 20.6. The number of hydrogen-bond acceptors (Lipinski definition) is 4. The van der Waals surface area contributed by atoms with Gasteiger partial charge in [-0.1, -0.05) is 32.6 Å². The molecule has 0 bridgehead atoms. The highest BCUT2D eigenvalue weighted by Gasteiger charge is 2.60. The standard InChI is InChI=1S/C24H32N2O2S/c1-5-6-21(25-4)29-22(28)18-9-8-16-15-7-10-19-24(3,14-12-20(27)26-19)17(15)11-13-23(16,18)2/h5-6,12,14-19H,1,4,7-11,13H2,2-3H3,(H,26,27)/b21-6+/t15?,16?,17?,18-,19?,23+,24-/m1/s1. The van der Waals surface area contributed by atoms with E-state index in [-0.39, 0.29) is 33.8 Å². The van der Waals surface area contributed by atoms with Crippen LogP contribution in [0.4, 0.5) is 0 Å². The van der Waals surface area contributed by atoms with Crippen LogP contribution in [0.3, 0.4) is 0 Å². The molecule has 0 aromatic rings. The summed E-state index contributed by atoms with van der Waals surface area (Å²) in [7, 11) is 0. The Morgan fingerprint density at radius 1 is 1.24 bits per heavy atom. The van der Waals surface area contributed by atoms with Gasteiger partial charge in [-0.25, -0.2) is 0 Å². The molecule has 4 unspecified atom stereocenters. The lowest BCUT2D eigenvalue weighted by molar-refractivity contribution is -0.126. The third kappa shape index (κ3) is 3.26. The molecule has 156 valence electrons. The first-order valence-corrected chi connectivity index (χ1v) is 11.7. The predicted molar refractivity (Wildman–Crippen MR) is 119 cm³/mol. The fraction of sp³-hybridized carbons (Fsp3) is 0.625. The van der Waals surface area contributed by atoms with Gasteiger partial charge >= 0.3 is 0 Å². The third-order valence-electron chi connectivity index (χ3n) is 8.59. The Morgan fingerprint density at radius 3 is 2.76 bits per heavy atom. The SMILES string of the molecule is C=C/C=C(\N=C)SC(=O)[C@H]1CCC2C3CCC4NC(=O)C=C[C@]4(C)C3CC[C@@]21C. The van der Waals surface area contributed by atoms with Gasteiger partial charge in [0.25, 0.3) is 0 Å². The molecule has 3 fully saturated rings. The Morgan fingerprint density at radius 2 is 2.03 bits per heavy atom. The van der Waals surface area contributed by atoms with E-state index in [0.29, 0.717) is 22.8 Å². The highest BCUT2D eigenvalue weighted by atomic mass is 32.2. The van der Waals surface area contributed by atoms with Crippen molar-refractivity contribution in [1.82, 2.24) is 5.32 Å². The Labute approximate surface area is 178 Å². The summed E-state index contributed by atoms with van der Waals surface area (Å²) in [5, 5.41) is 4.09. The van der Waals surface area contributed by atoms with Crippen LogP contribution < -0.4 is 5.32 Å². The molecule has 7 atom stereocenters. The molecule has 29 heavy (non-hydrogen) atoms. The van der Waals surface area contributed by atoms with E-state index in [9.17, 15) is 9.59 Å². The number of fused-ring (bicyclic) bond motifs is 5. The van der Waals surface area contributed by atoms with E-state index in [0.717, 1.165) is 38.5 Å². The zero-order valence-corrected chi connectivity index (χ0v) is 18.3. The molecule has 1 aliphatic heterocycles. The van der Waals surface area contributed by atoms with Crippen LogP contribution in [0.2, 0.25) is 0 Å². The normalized spacial score (nSPS) is 43.6. The second kappa shape index (κ2) is 7.57. The second-order valence-electron chi connectivity index (χ2n) is 9.71. The minimum absolute atomic E-state index is 0.0433. The van der Waals surface area contributed by atoms with Gasteiger partial charge in [-0.3, -0.25) is 14.6 Å². The Hall–Kier alpha value is -1.62. The van der Waals surface area contributed by atoms with Crippen molar-refractivity contribution in [2.45, 2.75) is 58.4 Å². The topological polar surface area (TPSA) is 58.5 Å². The third-order valence-corrected chi connectivity index (χ3v) is 9.55. The highest BCUT2D eigenvalue weighted by molar-refractivity contribution is 8.16. The maximum absolute atomic E-state index is 13.2. The van der Waals surface area contributed by atoms with Crippen molar-refractivity contribution in [2.24, 2.45) is 39.5 Å². The van der Waals surface area contributed by atoms with E-state index >= 15 is 0 Å². The number of aliphatic imine (C=N–C) groups is 1.